The van der Waals surface area contributed by atoms with Gasteiger partial charge in [-0.05, 0) is 37.8 Å². The van der Waals surface area contributed by atoms with Crippen molar-refractivity contribution in [2.24, 2.45) is 0 Å². The first-order chi connectivity index (χ1) is 6.81. The number of aromatic nitrogens is 2. The SMILES string of the molecule is CCNc1cc2c(nn1)C(C)CCC2. The molecule has 1 aromatic rings. The molecule has 0 radical (unpaired) electrons. The van der Waals surface area contributed by atoms with Crippen molar-refractivity contribution in [3.8, 4) is 0 Å². The van der Waals surface area contributed by atoms with Crippen LogP contribution >= 0.6 is 0 Å². The van der Waals surface area contributed by atoms with Crippen LogP contribution in [0.3, 0.4) is 0 Å². The number of nitrogens with zero attached hydrogens (tertiary/aromatic N) is 2. The van der Waals surface area contributed by atoms with Gasteiger partial charge in [0.1, 0.15) is 5.82 Å². The van der Waals surface area contributed by atoms with Gasteiger partial charge in [-0.1, -0.05) is 6.92 Å². The predicted octanol–water partition coefficient (Wildman–Crippen LogP) is 2.35. The molecule has 1 N–H and O–H groups in total. The molecule has 1 aliphatic carbocycles. The second-order valence-electron chi connectivity index (χ2n) is 3.96. The third-order valence-corrected chi connectivity index (χ3v) is 2.81. The van der Waals surface area contributed by atoms with Crippen molar-refractivity contribution in [1.29, 1.82) is 0 Å². The fourth-order valence-electron chi connectivity index (χ4n) is 2.06. The van der Waals surface area contributed by atoms with E-state index < -0.39 is 0 Å². The minimum atomic E-state index is 0.585. The summed E-state index contributed by atoms with van der Waals surface area (Å²) < 4.78 is 0. The molecule has 0 amide bonds. The third kappa shape index (κ3) is 1.72. The number of hydrogen-bond acceptors (Lipinski definition) is 3. The average molecular weight is 191 g/mol. The summed E-state index contributed by atoms with van der Waals surface area (Å²) in [6.07, 6.45) is 3.70. The monoisotopic (exact) mass is 191 g/mol. The number of nitrogens with one attached hydrogen (secondary N) is 1. The van der Waals surface area contributed by atoms with E-state index in [0.29, 0.717) is 5.92 Å². The first-order valence-electron chi connectivity index (χ1n) is 5.41. The Morgan fingerprint density at radius 3 is 3.14 bits per heavy atom. The average Bonchev–Trinajstić information content (AvgIpc) is 2.18. The molecule has 76 valence electrons. The van der Waals surface area contributed by atoms with E-state index in [0.717, 1.165) is 18.8 Å². The van der Waals surface area contributed by atoms with E-state index >= 15 is 0 Å². The summed E-state index contributed by atoms with van der Waals surface area (Å²) >= 11 is 0. The minimum absolute atomic E-state index is 0.585. The van der Waals surface area contributed by atoms with Crippen molar-refractivity contribution in [1.82, 2.24) is 10.2 Å². The van der Waals surface area contributed by atoms with Crippen LogP contribution in [0.1, 0.15) is 43.9 Å². The fourth-order valence-corrected chi connectivity index (χ4v) is 2.06. The summed E-state index contributed by atoms with van der Waals surface area (Å²) in [5.74, 6) is 1.50. The van der Waals surface area contributed by atoms with Gasteiger partial charge in [0, 0.05) is 12.5 Å². The highest BCUT2D eigenvalue weighted by Crippen LogP contribution is 2.29. The lowest BCUT2D eigenvalue weighted by Gasteiger charge is -2.20. The molecule has 2 rings (SSSR count). The van der Waals surface area contributed by atoms with E-state index in [4.69, 9.17) is 0 Å². The van der Waals surface area contributed by atoms with Gasteiger partial charge >= 0.3 is 0 Å². The fraction of sp³-hybridized carbons (Fsp3) is 0.636. The van der Waals surface area contributed by atoms with Gasteiger partial charge < -0.3 is 5.32 Å². The van der Waals surface area contributed by atoms with Crippen molar-refractivity contribution in [2.45, 2.75) is 39.0 Å². The Kier molecular flexibility index (Phi) is 2.66. The topological polar surface area (TPSA) is 37.8 Å². The normalized spacial score (nSPS) is 20.3. The second kappa shape index (κ2) is 3.95. The predicted molar refractivity (Wildman–Crippen MR) is 57.5 cm³/mol. The molecule has 0 spiro atoms. The molecule has 3 heteroatoms. The van der Waals surface area contributed by atoms with Crippen molar-refractivity contribution >= 4 is 5.82 Å². The van der Waals surface area contributed by atoms with Gasteiger partial charge in [-0.15, -0.1) is 5.10 Å². The van der Waals surface area contributed by atoms with Gasteiger partial charge in [-0.2, -0.15) is 5.10 Å². The van der Waals surface area contributed by atoms with Crippen LogP contribution in [0.25, 0.3) is 0 Å². The molecule has 3 nitrogen and oxygen atoms in total. The molecule has 1 atom stereocenters. The van der Waals surface area contributed by atoms with Crippen LogP contribution in [0.15, 0.2) is 6.07 Å². The van der Waals surface area contributed by atoms with Gasteiger partial charge in [0.25, 0.3) is 0 Å². The van der Waals surface area contributed by atoms with Crippen molar-refractivity contribution < 1.29 is 0 Å². The van der Waals surface area contributed by atoms with Crippen LogP contribution in [0.4, 0.5) is 5.82 Å². The number of fused-ring (bicyclic) bond motifs is 1. The Labute approximate surface area is 84.9 Å². The van der Waals surface area contributed by atoms with E-state index in [1.54, 1.807) is 0 Å². The van der Waals surface area contributed by atoms with Gasteiger partial charge in [0.05, 0.1) is 5.69 Å². The number of anilines is 1. The van der Waals surface area contributed by atoms with E-state index in [1.165, 1.54) is 24.1 Å². The summed E-state index contributed by atoms with van der Waals surface area (Å²) in [5, 5.41) is 11.7. The van der Waals surface area contributed by atoms with Gasteiger partial charge in [0.2, 0.25) is 0 Å². The number of hydrogen-bond donors (Lipinski definition) is 1. The van der Waals surface area contributed by atoms with E-state index in [-0.39, 0.29) is 0 Å². The zero-order valence-corrected chi connectivity index (χ0v) is 8.88. The van der Waals surface area contributed by atoms with Gasteiger partial charge in [-0.25, -0.2) is 0 Å². The Bertz CT molecular complexity index is 322. The molecule has 1 unspecified atom stereocenters. The standard InChI is InChI=1S/C11H17N3/c1-3-12-10-7-9-6-4-5-8(2)11(9)14-13-10/h7-8H,3-6H2,1-2H3,(H,12,13). The Hall–Kier alpha value is -1.12. The highest BCUT2D eigenvalue weighted by Gasteiger charge is 2.18. The van der Waals surface area contributed by atoms with Crippen LogP contribution in [0.2, 0.25) is 0 Å². The molecule has 0 bridgehead atoms. The Balaban J connectivity index is 2.29. The zero-order valence-electron chi connectivity index (χ0n) is 8.88. The lowest BCUT2D eigenvalue weighted by atomic mass is 9.88. The van der Waals surface area contributed by atoms with Crippen LogP contribution in [-0.2, 0) is 6.42 Å². The molecule has 0 saturated carbocycles. The lowest BCUT2D eigenvalue weighted by molar-refractivity contribution is 0.564. The number of rotatable bonds is 2. The molecule has 0 aromatic carbocycles. The van der Waals surface area contributed by atoms with Crippen LogP contribution in [0.5, 0.6) is 0 Å². The molecule has 0 aliphatic heterocycles. The maximum absolute atomic E-state index is 4.31. The first kappa shape index (κ1) is 9.44. The molecular weight excluding hydrogens is 174 g/mol. The molecule has 1 aromatic heterocycles. The maximum atomic E-state index is 4.31. The van der Waals surface area contributed by atoms with Gasteiger partial charge in [-0.3, -0.25) is 0 Å². The Morgan fingerprint density at radius 1 is 1.50 bits per heavy atom. The lowest BCUT2D eigenvalue weighted by Crippen LogP contribution is -2.12. The van der Waals surface area contributed by atoms with Crippen molar-refractivity contribution in [3.63, 3.8) is 0 Å². The van der Waals surface area contributed by atoms with E-state index in [1.807, 2.05) is 0 Å². The molecular formula is C11H17N3. The van der Waals surface area contributed by atoms with Crippen LogP contribution in [-0.4, -0.2) is 16.7 Å². The molecule has 1 heterocycles. The molecule has 0 fully saturated rings. The highest BCUT2D eigenvalue weighted by molar-refractivity contribution is 5.39. The second-order valence-corrected chi connectivity index (χ2v) is 3.96. The van der Waals surface area contributed by atoms with Crippen LogP contribution in [0, 0.1) is 0 Å². The third-order valence-electron chi connectivity index (χ3n) is 2.81. The first-order valence-corrected chi connectivity index (χ1v) is 5.41. The molecule has 0 saturated heterocycles. The smallest absolute Gasteiger partial charge is 0.148 e. The minimum Gasteiger partial charge on any atom is -0.369 e. The van der Waals surface area contributed by atoms with E-state index in [2.05, 4.69) is 35.4 Å². The Morgan fingerprint density at radius 2 is 2.36 bits per heavy atom. The summed E-state index contributed by atoms with van der Waals surface area (Å²) in [4.78, 5) is 0. The number of aryl methyl sites for hydroxylation is 1. The molecule has 1 aliphatic rings. The van der Waals surface area contributed by atoms with Crippen molar-refractivity contribution in [3.05, 3.63) is 17.3 Å². The summed E-state index contributed by atoms with van der Waals surface area (Å²) in [6, 6.07) is 2.15. The van der Waals surface area contributed by atoms with Crippen LogP contribution < -0.4 is 5.32 Å². The summed E-state index contributed by atoms with van der Waals surface area (Å²) in [7, 11) is 0. The maximum Gasteiger partial charge on any atom is 0.148 e. The quantitative estimate of drug-likeness (QED) is 0.779. The van der Waals surface area contributed by atoms with E-state index in [9.17, 15) is 0 Å². The molecule has 14 heavy (non-hydrogen) atoms. The summed E-state index contributed by atoms with van der Waals surface area (Å²) in [5.41, 5.74) is 2.59. The largest absolute Gasteiger partial charge is 0.369 e. The summed E-state index contributed by atoms with van der Waals surface area (Å²) in [6.45, 7) is 5.21. The van der Waals surface area contributed by atoms with Gasteiger partial charge in [0.15, 0.2) is 0 Å². The zero-order chi connectivity index (χ0) is 9.97. The van der Waals surface area contributed by atoms with Crippen molar-refractivity contribution in [2.75, 3.05) is 11.9 Å². The highest BCUT2D eigenvalue weighted by atomic mass is 15.2.